The molecule has 3 nitrogen and oxygen atoms in total. The lowest BCUT2D eigenvalue weighted by atomic mass is 9.97. The first-order valence-corrected chi connectivity index (χ1v) is 8.60. The minimum absolute atomic E-state index is 0.311. The quantitative estimate of drug-likeness (QED) is 0.774. The van der Waals surface area contributed by atoms with E-state index >= 15 is 0 Å². The summed E-state index contributed by atoms with van der Waals surface area (Å²) in [6.45, 7) is 6.82. The van der Waals surface area contributed by atoms with Crippen LogP contribution in [0.15, 0.2) is 0 Å². The fourth-order valence-corrected chi connectivity index (χ4v) is 3.47. The highest BCUT2D eigenvalue weighted by Crippen LogP contribution is 2.25. The molecule has 0 aromatic rings. The first-order valence-electron chi connectivity index (χ1n) is 8.60. The summed E-state index contributed by atoms with van der Waals surface area (Å²) < 4.78 is 0. The van der Waals surface area contributed by atoms with Gasteiger partial charge in [-0.1, -0.05) is 19.8 Å². The van der Waals surface area contributed by atoms with E-state index in [1.807, 2.05) is 0 Å². The number of hydrogen-bond acceptors (Lipinski definition) is 3. The van der Waals surface area contributed by atoms with Gasteiger partial charge in [0.25, 0.3) is 0 Å². The maximum atomic E-state index is 9.42. The molecule has 2 aliphatic rings. The van der Waals surface area contributed by atoms with Gasteiger partial charge in [0.1, 0.15) is 5.54 Å². The minimum atomic E-state index is -0.311. The van der Waals surface area contributed by atoms with Gasteiger partial charge in [0.15, 0.2) is 0 Å². The third-order valence-electron chi connectivity index (χ3n) is 4.94. The van der Waals surface area contributed by atoms with Crippen LogP contribution >= 0.6 is 0 Å². The zero-order valence-electron chi connectivity index (χ0n) is 13.3. The van der Waals surface area contributed by atoms with Crippen molar-refractivity contribution in [2.24, 2.45) is 0 Å². The molecule has 0 bridgehead atoms. The van der Waals surface area contributed by atoms with Crippen LogP contribution in [0.1, 0.15) is 71.6 Å². The Morgan fingerprint density at radius 2 is 2.05 bits per heavy atom. The Morgan fingerprint density at radius 1 is 1.25 bits per heavy atom. The van der Waals surface area contributed by atoms with Crippen LogP contribution in [0.3, 0.4) is 0 Å². The monoisotopic (exact) mass is 277 g/mol. The Bertz CT molecular complexity index is 332. The van der Waals surface area contributed by atoms with Crippen LogP contribution in [-0.2, 0) is 0 Å². The second-order valence-corrected chi connectivity index (χ2v) is 6.91. The van der Waals surface area contributed by atoms with Crippen molar-refractivity contribution in [2.45, 2.75) is 89.3 Å². The molecule has 1 aliphatic carbocycles. The normalized spacial score (nSPS) is 27.6. The molecule has 2 rings (SSSR count). The summed E-state index contributed by atoms with van der Waals surface area (Å²) in [5.74, 6) is 0. The lowest BCUT2D eigenvalue weighted by Gasteiger charge is -2.30. The number of likely N-dealkylation sites (tertiary alicyclic amines) is 1. The van der Waals surface area contributed by atoms with Crippen molar-refractivity contribution >= 4 is 0 Å². The molecule has 0 amide bonds. The lowest BCUT2D eigenvalue weighted by molar-refractivity contribution is 0.186. The van der Waals surface area contributed by atoms with E-state index in [-0.39, 0.29) is 5.54 Å². The summed E-state index contributed by atoms with van der Waals surface area (Å²) in [5, 5.41) is 12.9. The lowest BCUT2D eigenvalue weighted by Crippen LogP contribution is -2.43. The van der Waals surface area contributed by atoms with Crippen LogP contribution in [0.25, 0.3) is 0 Å². The topological polar surface area (TPSA) is 39.1 Å². The van der Waals surface area contributed by atoms with Crippen molar-refractivity contribution in [2.75, 3.05) is 13.1 Å². The SMILES string of the molecule is CCC1CCCCCN1CCCC(C)(C#N)NC1CC1. The summed E-state index contributed by atoms with van der Waals surface area (Å²) in [6.07, 6.45) is 11.4. The van der Waals surface area contributed by atoms with Gasteiger partial charge in [-0.25, -0.2) is 0 Å². The molecule has 3 heteroatoms. The molecular formula is C17H31N3. The molecule has 0 aromatic carbocycles. The molecular weight excluding hydrogens is 246 g/mol. The van der Waals surface area contributed by atoms with Gasteiger partial charge in [-0.15, -0.1) is 0 Å². The molecule has 0 spiro atoms. The summed E-state index contributed by atoms with van der Waals surface area (Å²) in [6, 6.07) is 3.89. The van der Waals surface area contributed by atoms with Gasteiger partial charge < -0.3 is 4.90 Å². The van der Waals surface area contributed by atoms with Gasteiger partial charge in [-0.3, -0.25) is 5.32 Å². The summed E-state index contributed by atoms with van der Waals surface area (Å²) >= 11 is 0. The smallest absolute Gasteiger partial charge is 0.104 e. The standard InChI is InChI=1S/C17H31N3/c1-3-16-8-5-4-6-12-20(16)13-7-11-17(2,14-18)19-15-9-10-15/h15-16,19H,3-13H2,1-2H3. The minimum Gasteiger partial charge on any atom is -0.300 e. The van der Waals surface area contributed by atoms with E-state index in [9.17, 15) is 5.26 Å². The Hall–Kier alpha value is -0.590. The van der Waals surface area contributed by atoms with E-state index in [0.29, 0.717) is 6.04 Å². The van der Waals surface area contributed by atoms with Crippen LogP contribution in [0, 0.1) is 11.3 Å². The van der Waals surface area contributed by atoms with Gasteiger partial charge >= 0.3 is 0 Å². The molecule has 2 atom stereocenters. The van der Waals surface area contributed by atoms with Crippen molar-refractivity contribution < 1.29 is 0 Å². The number of nitriles is 1. The third-order valence-corrected chi connectivity index (χ3v) is 4.94. The number of nitrogens with one attached hydrogen (secondary N) is 1. The Labute approximate surface area is 124 Å². The van der Waals surface area contributed by atoms with Gasteiger partial charge in [-0.2, -0.15) is 5.26 Å². The van der Waals surface area contributed by atoms with Gasteiger partial charge in [0.2, 0.25) is 0 Å². The highest BCUT2D eigenvalue weighted by atomic mass is 15.2. The average Bonchev–Trinajstić information content (AvgIpc) is 3.26. The predicted octanol–water partition coefficient (Wildman–Crippen LogP) is 3.46. The van der Waals surface area contributed by atoms with Crippen LogP contribution < -0.4 is 5.32 Å². The maximum Gasteiger partial charge on any atom is 0.104 e. The van der Waals surface area contributed by atoms with E-state index in [1.165, 1.54) is 58.0 Å². The highest BCUT2D eigenvalue weighted by Gasteiger charge is 2.32. The predicted molar refractivity (Wildman–Crippen MR) is 83.5 cm³/mol. The van der Waals surface area contributed by atoms with Crippen molar-refractivity contribution in [1.82, 2.24) is 10.2 Å². The van der Waals surface area contributed by atoms with Crippen molar-refractivity contribution in [3.05, 3.63) is 0 Å². The zero-order valence-corrected chi connectivity index (χ0v) is 13.3. The second kappa shape index (κ2) is 7.43. The maximum absolute atomic E-state index is 9.42. The number of hydrogen-bond donors (Lipinski definition) is 1. The summed E-state index contributed by atoms with van der Waals surface area (Å²) in [4.78, 5) is 2.68. The molecule has 1 heterocycles. The summed E-state index contributed by atoms with van der Waals surface area (Å²) in [5.41, 5.74) is -0.311. The molecule has 2 unspecified atom stereocenters. The van der Waals surface area contributed by atoms with Crippen molar-refractivity contribution in [1.29, 1.82) is 5.26 Å². The van der Waals surface area contributed by atoms with E-state index in [2.05, 4.69) is 30.1 Å². The van der Waals surface area contributed by atoms with Crippen LogP contribution in [0.4, 0.5) is 0 Å². The molecule has 1 N–H and O–H groups in total. The molecule has 1 saturated heterocycles. The molecule has 2 fully saturated rings. The summed E-state index contributed by atoms with van der Waals surface area (Å²) in [7, 11) is 0. The molecule has 1 saturated carbocycles. The fraction of sp³-hybridized carbons (Fsp3) is 0.941. The van der Waals surface area contributed by atoms with Crippen LogP contribution in [0.5, 0.6) is 0 Å². The van der Waals surface area contributed by atoms with Crippen LogP contribution in [0.2, 0.25) is 0 Å². The third kappa shape index (κ3) is 4.75. The van der Waals surface area contributed by atoms with Crippen molar-refractivity contribution in [3.63, 3.8) is 0 Å². The average molecular weight is 277 g/mol. The number of rotatable bonds is 7. The molecule has 0 aromatic heterocycles. The van der Waals surface area contributed by atoms with Gasteiger partial charge in [0.05, 0.1) is 6.07 Å². The molecule has 114 valence electrons. The Morgan fingerprint density at radius 3 is 2.70 bits per heavy atom. The van der Waals surface area contributed by atoms with Gasteiger partial charge in [0, 0.05) is 12.1 Å². The van der Waals surface area contributed by atoms with E-state index in [1.54, 1.807) is 0 Å². The van der Waals surface area contributed by atoms with E-state index in [4.69, 9.17) is 0 Å². The molecule has 0 radical (unpaired) electrons. The van der Waals surface area contributed by atoms with Crippen molar-refractivity contribution in [3.8, 4) is 6.07 Å². The fourth-order valence-electron chi connectivity index (χ4n) is 3.47. The Balaban J connectivity index is 1.76. The van der Waals surface area contributed by atoms with E-state index in [0.717, 1.165) is 18.9 Å². The first kappa shape index (κ1) is 15.8. The largest absolute Gasteiger partial charge is 0.300 e. The first-order chi connectivity index (χ1) is 9.67. The second-order valence-electron chi connectivity index (χ2n) is 6.91. The zero-order chi connectivity index (χ0) is 14.4. The highest BCUT2D eigenvalue weighted by molar-refractivity contribution is 5.07. The molecule has 20 heavy (non-hydrogen) atoms. The molecule has 1 aliphatic heterocycles. The van der Waals surface area contributed by atoms with Crippen LogP contribution in [-0.4, -0.2) is 35.6 Å². The van der Waals surface area contributed by atoms with Gasteiger partial charge in [-0.05, 0) is 65.0 Å². The number of nitrogens with zero attached hydrogens (tertiary/aromatic N) is 2. The Kier molecular flexibility index (Phi) is 5.86. The van der Waals surface area contributed by atoms with E-state index < -0.39 is 0 Å².